The minimum absolute atomic E-state index is 0.0221. The molecule has 0 bridgehead atoms. The highest BCUT2D eigenvalue weighted by molar-refractivity contribution is 7.12. The van der Waals surface area contributed by atoms with Crippen LogP contribution in [0.25, 0.3) is 0 Å². The Morgan fingerprint density at radius 3 is 2.71 bits per heavy atom. The second kappa shape index (κ2) is 3.30. The Kier molecular flexibility index (Phi) is 2.38. The smallest absolute Gasteiger partial charge is 0.201 e. The maximum absolute atomic E-state index is 13.5. The molecule has 2 rings (SSSR count). The first-order valence-electron chi connectivity index (χ1n) is 5.01. The second-order valence-corrected chi connectivity index (χ2v) is 5.37. The van der Waals surface area contributed by atoms with Crippen LogP contribution in [-0.4, -0.2) is 0 Å². The molecule has 0 aliphatic heterocycles. The Morgan fingerprint density at radius 1 is 1.43 bits per heavy atom. The van der Waals surface area contributed by atoms with Crippen molar-refractivity contribution in [2.24, 2.45) is 0 Å². The molecule has 0 radical (unpaired) electrons. The summed E-state index contributed by atoms with van der Waals surface area (Å²) in [6.07, 6.45) is 1.48. The number of aryl methyl sites for hydroxylation is 1. The summed E-state index contributed by atoms with van der Waals surface area (Å²) in [5.41, 5.74) is 0.303. The summed E-state index contributed by atoms with van der Waals surface area (Å²) in [5, 5.41) is 0. The van der Waals surface area contributed by atoms with E-state index in [-0.39, 0.29) is 6.42 Å². The van der Waals surface area contributed by atoms with Gasteiger partial charge in [0.25, 0.3) is 5.92 Å². The van der Waals surface area contributed by atoms with Gasteiger partial charge >= 0.3 is 0 Å². The molecule has 0 N–H and O–H groups in total. The van der Waals surface area contributed by atoms with Crippen molar-refractivity contribution in [3.05, 3.63) is 21.4 Å². The van der Waals surface area contributed by atoms with Crippen molar-refractivity contribution in [3.63, 3.8) is 0 Å². The van der Waals surface area contributed by atoms with E-state index in [1.165, 1.54) is 0 Å². The van der Waals surface area contributed by atoms with Crippen LogP contribution >= 0.6 is 11.3 Å². The van der Waals surface area contributed by atoms with E-state index in [2.05, 4.69) is 13.8 Å². The van der Waals surface area contributed by atoms with Crippen molar-refractivity contribution >= 4 is 11.3 Å². The molecular weight excluding hydrogens is 202 g/mol. The summed E-state index contributed by atoms with van der Waals surface area (Å²) in [7, 11) is 0. The van der Waals surface area contributed by atoms with Gasteiger partial charge in [-0.1, -0.05) is 13.8 Å². The molecule has 0 nitrogen and oxygen atoms in total. The molecule has 0 fully saturated rings. The lowest BCUT2D eigenvalue weighted by Crippen LogP contribution is -2.18. The van der Waals surface area contributed by atoms with Gasteiger partial charge in [0.15, 0.2) is 0 Å². The number of fused-ring (bicyclic) bond motifs is 1. The number of hydrogen-bond acceptors (Lipinski definition) is 1. The largest absolute Gasteiger partial charge is 0.274 e. The molecule has 0 saturated heterocycles. The predicted octanol–water partition coefficient (Wildman–Crippen LogP) is 4.30. The van der Waals surface area contributed by atoms with Gasteiger partial charge < -0.3 is 0 Å². The zero-order valence-electron chi connectivity index (χ0n) is 8.44. The Balaban J connectivity index is 2.44. The molecule has 0 unspecified atom stereocenters. The van der Waals surface area contributed by atoms with E-state index < -0.39 is 5.92 Å². The Hall–Kier alpha value is -0.440. The summed E-state index contributed by atoms with van der Waals surface area (Å²) < 4.78 is 27.0. The lowest BCUT2D eigenvalue weighted by Gasteiger charge is -2.21. The van der Waals surface area contributed by atoms with Gasteiger partial charge in [0.2, 0.25) is 0 Å². The summed E-state index contributed by atoms with van der Waals surface area (Å²) in [6, 6.07) is 1.71. The maximum atomic E-state index is 13.5. The SMILES string of the molecule is CC(C)c1cc2c(s1)CCCC2(F)F. The predicted molar refractivity (Wildman–Crippen MR) is 55.2 cm³/mol. The monoisotopic (exact) mass is 216 g/mol. The van der Waals surface area contributed by atoms with Crippen LogP contribution in [0.4, 0.5) is 8.78 Å². The van der Waals surface area contributed by atoms with Crippen LogP contribution in [0.15, 0.2) is 6.07 Å². The molecule has 1 aromatic rings. The molecule has 0 saturated carbocycles. The van der Waals surface area contributed by atoms with Gasteiger partial charge in [-0.25, -0.2) is 8.78 Å². The topological polar surface area (TPSA) is 0 Å². The average molecular weight is 216 g/mol. The first-order chi connectivity index (χ1) is 6.50. The Morgan fingerprint density at radius 2 is 2.14 bits per heavy atom. The highest BCUT2D eigenvalue weighted by atomic mass is 32.1. The van der Waals surface area contributed by atoms with Gasteiger partial charge in [-0.05, 0) is 24.8 Å². The van der Waals surface area contributed by atoms with Crippen LogP contribution in [0.5, 0.6) is 0 Å². The molecule has 1 aliphatic carbocycles. The third-order valence-corrected chi connectivity index (χ3v) is 4.18. The van der Waals surface area contributed by atoms with Crippen LogP contribution in [0.3, 0.4) is 0 Å². The van der Waals surface area contributed by atoms with Gasteiger partial charge in [0.1, 0.15) is 0 Å². The highest BCUT2D eigenvalue weighted by Gasteiger charge is 2.38. The Labute approximate surface area is 87.0 Å². The van der Waals surface area contributed by atoms with Crippen molar-refractivity contribution in [1.29, 1.82) is 0 Å². The minimum atomic E-state index is -2.57. The normalized spacial score (nSPS) is 19.8. The number of hydrogen-bond donors (Lipinski definition) is 0. The third-order valence-electron chi connectivity index (χ3n) is 2.69. The molecule has 3 heteroatoms. The van der Waals surface area contributed by atoms with Crippen molar-refractivity contribution in [3.8, 4) is 0 Å². The zero-order chi connectivity index (χ0) is 10.3. The van der Waals surface area contributed by atoms with Gasteiger partial charge in [-0.3, -0.25) is 0 Å². The molecule has 14 heavy (non-hydrogen) atoms. The van der Waals surface area contributed by atoms with Gasteiger partial charge in [-0.15, -0.1) is 11.3 Å². The van der Waals surface area contributed by atoms with Crippen LogP contribution < -0.4 is 0 Å². The zero-order valence-corrected chi connectivity index (χ0v) is 9.26. The first-order valence-corrected chi connectivity index (χ1v) is 5.83. The summed E-state index contributed by atoms with van der Waals surface area (Å²) in [6.45, 7) is 4.10. The molecule has 0 spiro atoms. The lowest BCUT2D eigenvalue weighted by molar-refractivity contribution is -0.0208. The van der Waals surface area contributed by atoms with Crippen molar-refractivity contribution in [2.45, 2.75) is 45.0 Å². The number of alkyl halides is 2. The van der Waals surface area contributed by atoms with E-state index in [1.807, 2.05) is 0 Å². The van der Waals surface area contributed by atoms with Gasteiger partial charge in [-0.2, -0.15) is 0 Å². The van der Waals surface area contributed by atoms with E-state index >= 15 is 0 Å². The van der Waals surface area contributed by atoms with E-state index in [0.717, 1.165) is 16.2 Å². The van der Waals surface area contributed by atoms with Crippen molar-refractivity contribution in [2.75, 3.05) is 0 Å². The fourth-order valence-electron chi connectivity index (χ4n) is 1.83. The molecule has 1 aliphatic rings. The molecule has 78 valence electrons. The van der Waals surface area contributed by atoms with Gasteiger partial charge in [0, 0.05) is 21.7 Å². The van der Waals surface area contributed by atoms with E-state index in [1.54, 1.807) is 17.4 Å². The second-order valence-electron chi connectivity index (χ2n) is 4.20. The molecule has 0 amide bonds. The van der Waals surface area contributed by atoms with E-state index in [4.69, 9.17) is 0 Å². The molecule has 0 atom stereocenters. The number of halogens is 2. The number of thiophene rings is 1. The number of rotatable bonds is 1. The fraction of sp³-hybridized carbons (Fsp3) is 0.636. The summed E-state index contributed by atoms with van der Waals surface area (Å²) in [5.74, 6) is -2.21. The van der Waals surface area contributed by atoms with Crippen molar-refractivity contribution < 1.29 is 8.78 Å². The maximum Gasteiger partial charge on any atom is 0.274 e. The van der Waals surface area contributed by atoms with Gasteiger partial charge in [0.05, 0.1) is 0 Å². The molecule has 0 aromatic carbocycles. The fourth-order valence-corrected chi connectivity index (χ4v) is 3.10. The third kappa shape index (κ3) is 1.58. The first kappa shape index (κ1) is 10.1. The quantitative estimate of drug-likeness (QED) is 0.656. The van der Waals surface area contributed by atoms with Crippen LogP contribution in [0, 0.1) is 0 Å². The Bertz CT molecular complexity index is 339. The summed E-state index contributed by atoms with van der Waals surface area (Å²) in [4.78, 5) is 2.00. The van der Waals surface area contributed by atoms with Crippen molar-refractivity contribution in [1.82, 2.24) is 0 Å². The van der Waals surface area contributed by atoms with Crippen LogP contribution in [0.2, 0.25) is 0 Å². The van der Waals surface area contributed by atoms with Crippen LogP contribution in [0.1, 0.15) is 47.9 Å². The molecular formula is C11H14F2S. The highest BCUT2D eigenvalue weighted by Crippen LogP contribution is 2.44. The van der Waals surface area contributed by atoms with E-state index in [0.29, 0.717) is 17.9 Å². The van der Waals surface area contributed by atoms with Crippen LogP contribution in [-0.2, 0) is 12.3 Å². The lowest BCUT2D eigenvalue weighted by atomic mass is 9.94. The average Bonchev–Trinajstić information content (AvgIpc) is 2.48. The molecule has 1 heterocycles. The molecule has 1 aromatic heterocycles. The standard InChI is InChI=1S/C11H14F2S/c1-7(2)10-6-8-9(14-10)4-3-5-11(8,12)13/h6-7H,3-5H2,1-2H3. The van der Waals surface area contributed by atoms with E-state index in [9.17, 15) is 8.78 Å². The summed E-state index contributed by atoms with van der Waals surface area (Å²) >= 11 is 1.57. The minimum Gasteiger partial charge on any atom is -0.201 e.